The number of anilines is 1. The number of phenols is 1. The molecule has 1 aromatic carbocycles. The second kappa shape index (κ2) is 9.52. The van der Waals surface area contributed by atoms with Crippen molar-refractivity contribution in [2.75, 3.05) is 18.8 Å². The van der Waals surface area contributed by atoms with Crippen LogP contribution in [0.5, 0.6) is 5.75 Å². The Hall–Kier alpha value is -1.86. The number of fused-ring (bicyclic) bond motifs is 2. The van der Waals surface area contributed by atoms with Crippen molar-refractivity contribution in [2.24, 2.45) is 0 Å². The van der Waals surface area contributed by atoms with Crippen molar-refractivity contribution < 1.29 is 9.90 Å². The summed E-state index contributed by atoms with van der Waals surface area (Å²) in [7, 11) is 0. The summed E-state index contributed by atoms with van der Waals surface area (Å²) in [6, 6.07) is 3.99. The summed E-state index contributed by atoms with van der Waals surface area (Å²) in [6.45, 7) is 7.04. The molecule has 2 aromatic rings. The van der Waals surface area contributed by atoms with Gasteiger partial charge in [-0.2, -0.15) is 0 Å². The molecule has 30 heavy (non-hydrogen) atoms. The number of carbonyl (C=O) groups is 1. The molecule has 0 spiro atoms. The highest BCUT2D eigenvalue weighted by Gasteiger charge is 2.28. The third kappa shape index (κ3) is 4.28. The van der Waals surface area contributed by atoms with Gasteiger partial charge in [-0.25, -0.2) is 0 Å². The molecule has 7 heteroatoms. The first kappa shape index (κ1) is 22.8. The van der Waals surface area contributed by atoms with Gasteiger partial charge in [-0.1, -0.05) is 19.4 Å². The average Bonchev–Trinajstić information content (AvgIpc) is 2.90. The number of amides is 1. The van der Waals surface area contributed by atoms with Gasteiger partial charge in [-0.05, 0) is 86.4 Å². The molecule has 0 unspecified atom stereocenters. The largest absolute Gasteiger partial charge is 0.505 e. The van der Waals surface area contributed by atoms with Crippen LogP contribution in [-0.2, 0) is 17.6 Å². The lowest BCUT2D eigenvalue weighted by Crippen LogP contribution is -2.34. The Balaban J connectivity index is 0.00000124. The first-order chi connectivity index (χ1) is 14.4. The highest BCUT2D eigenvalue weighted by molar-refractivity contribution is 9.10. The fourth-order valence-corrected chi connectivity index (χ4v) is 5.17. The highest BCUT2D eigenvalue weighted by atomic mass is 79.9. The summed E-state index contributed by atoms with van der Waals surface area (Å²) in [6.07, 6.45) is 5.06. The van der Waals surface area contributed by atoms with Crippen LogP contribution in [0.3, 0.4) is 0 Å². The number of rotatable bonds is 0. The average molecular weight is 537 g/mol. The van der Waals surface area contributed by atoms with Crippen molar-refractivity contribution in [2.45, 2.75) is 46.5 Å². The molecule has 0 radical (unpaired) electrons. The Kier molecular flexibility index (Phi) is 7.24. The van der Waals surface area contributed by atoms with E-state index in [-0.39, 0.29) is 11.7 Å². The van der Waals surface area contributed by atoms with E-state index in [1.807, 2.05) is 31.0 Å². The monoisotopic (exact) mass is 535 g/mol. The van der Waals surface area contributed by atoms with Crippen molar-refractivity contribution in [1.29, 1.82) is 0 Å². The first-order valence-electron chi connectivity index (χ1n) is 10.3. The second-order valence-corrected chi connectivity index (χ2v) is 9.01. The number of hydrogen-bond acceptors (Lipinski definition) is 4. The molecule has 1 saturated heterocycles. The second-order valence-electron chi connectivity index (χ2n) is 7.30. The number of aromatic hydroxyl groups is 1. The number of likely N-dealkylation sites (tertiary alicyclic amines) is 1. The van der Waals surface area contributed by atoms with Gasteiger partial charge in [-0.3, -0.25) is 9.78 Å². The summed E-state index contributed by atoms with van der Waals surface area (Å²) < 4.78 is 1.61. The van der Waals surface area contributed by atoms with E-state index in [1.54, 1.807) is 6.92 Å². The Labute approximate surface area is 194 Å². The predicted octanol–water partition coefficient (Wildman–Crippen LogP) is 5.46. The van der Waals surface area contributed by atoms with Crippen LogP contribution in [0.15, 0.2) is 32.8 Å². The Morgan fingerprint density at radius 3 is 2.43 bits per heavy atom. The standard InChI is InChI=1S/C21H21Br2N3O2.C2H6/c1-11(27)26-6-4-12(5-7-26)18-16-9-17(24)21(28)19(23)15(16)3-2-13-8-14(22)10-25-20(13)18;1-2/h8-10,28H,2-7,24H2,1H3;1-2H3. The smallest absolute Gasteiger partial charge is 0.219 e. The highest BCUT2D eigenvalue weighted by Crippen LogP contribution is 2.45. The molecule has 1 aliphatic heterocycles. The summed E-state index contributed by atoms with van der Waals surface area (Å²) >= 11 is 7.09. The third-order valence-electron chi connectivity index (χ3n) is 5.62. The van der Waals surface area contributed by atoms with Crippen LogP contribution in [0.4, 0.5) is 5.69 Å². The summed E-state index contributed by atoms with van der Waals surface area (Å²) in [5.74, 6) is 0.208. The van der Waals surface area contributed by atoms with Gasteiger partial charge >= 0.3 is 0 Å². The molecule has 2 aliphatic rings. The van der Waals surface area contributed by atoms with Crippen LogP contribution in [0.1, 0.15) is 56.0 Å². The van der Waals surface area contributed by atoms with Gasteiger partial charge in [0.05, 0.1) is 15.9 Å². The zero-order valence-electron chi connectivity index (χ0n) is 17.6. The summed E-state index contributed by atoms with van der Waals surface area (Å²) in [5.41, 5.74) is 13.1. The minimum atomic E-state index is 0.0922. The molecular weight excluding hydrogens is 510 g/mol. The van der Waals surface area contributed by atoms with Crippen LogP contribution in [0, 0.1) is 0 Å². The van der Waals surface area contributed by atoms with E-state index in [2.05, 4.69) is 37.9 Å². The van der Waals surface area contributed by atoms with Gasteiger partial charge < -0.3 is 15.7 Å². The maximum absolute atomic E-state index is 11.7. The van der Waals surface area contributed by atoms with Crippen LogP contribution >= 0.6 is 31.9 Å². The molecule has 2 heterocycles. The number of aryl methyl sites for hydroxylation is 1. The van der Waals surface area contributed by atoms with Gasteiger partial charge in [0.15, 0.2) is 5.75 Å². The van der Waals surface area contributed by atoms with E-state index in [0.29, 0.717) is 23.2 Å². The maximum Gasteiger partial charge on any atom is 0.219 e. The third-order valence-corrected chi connectivity index (χ3v) is 6.91. The van der Waals surface area contributed by atoms with Crippen molar-refractivity contribution in [1.82, 2.24) is 9.88 Å². The van der Waals surface area contributed by atoms with Crippen molar-refractivity contribution in [3.8, 4) is 5.75 Å². The Bertz CT molecular complexity index is 1010. The number of piperidine rings is 1. The molecule has 3 N–H and O–H groups in total. The van der Waals surface area contributed by atoms with Crippen LogP contribution in [-0.4, -0.2) is 34.0 Å². The number of pyridine rings is 1. The fourth-order valence-electron chi connectivity index (χ4n) is 4.15. The van der Waals surface area contributed by atoms with Gasteiger partial charge in [-0.15, -0.1) is 0 Å². The summed E-state index contributed by atoms with van der Waals surface area (Å²) in [4.78, 5) is 18.4. The number of hydrogen-bond donors (Lipinski definition) is 2. The maximum atomic E-state index is 11.7. The minimum Gasteiger partial charge on any atom is -0.505 e. The van der Waals surface area contributed by atoms with Crippen LogP contribution in [0.25, 0.3) is 5.57 Å². The van der Waals surface area contributed by atoms with Crippen LogP contribution in [0.2, 0.25) is 0 Å². The number of halogens is 2. The Morgan fingerprint density at radius 2 is 1.80 bits per heavy atom. The number of aromatic nitrogens is 1. The zero-order valence-corrected chi connectivity index (χ0v) is 20.7. The molecule has 1 aromatic heterocycles. The molecule has 1 aliphatic carbocycles. The van der Waals surface area contributed by atoms with Crippen molar-refractivity contribution >= 4 is 49.0 Å². The molecule has 0 bridgehead atoms. The van der Waals surface area contributed by atoms with Crippen molar-refractivity contribution in [3.63, 3.8) is 0 Å². The number of nitrogen functional groups attached to an aromatic ring is 1. The van der Waals surface area contributed by atoms with Gasteiger partial charge in [0.1, 0.15) is 0 Å². The summed E-state index contributed by atoms with van der Waals surface area (Å²) in [5, 5.41) is 10.4. The normalized spacial score (nSPS) is 15.6. The molecule has 5 nitrogen and oxygen atoms in total. The molecule has 160 valence electrons. The Morgan fingerprint density at radius 1 is 1.13 bits per heavy atom. The molecule has 1 fully saturated rings. The number of phenolic OH excluding ortho intramolecular Hbond substituents is 1. The van der Waals surface area contributed by atoms with Gasteiger partial charge in [0.2, 0.25) is 5.91 Å². The van der Waals surface area contributed by atoms with Crippen molar-refractivity contribution in [3.05, 3.63) is 55.2 Å². The fraction of sp³-hybridized carbons (Fsp3) is 0.391. The minimum absolute atomic E-state index is 0.0922. The van der Waals surface area contributed by atoms with Gasteiger partial charge in [0.25, 0.3) is 0 Å². The van der Waals surface area contributed by atoms with Gasteiger partial charge in [0, 0.05) is 36.3 Å². The lowest BCUT2D eigenvalue weighted by atomic mass is 9.88. The van der Waals surface area contributed by atoms with E-state index in [9.17, 15) is 9.90 Å². The molecular formula is C23H27Br2N3O2. The first-order valence-corrected chi connectivity index (χ1v) is 11.9. The molecule has 0 atom stereocenters. The number of benzene rings is 1. The zero-order chi connectivity index (χ0) is 22.0. The van der Waals surface area contributed by atoms with Crippen LogP contribution < -0.4 is 5.73 Å². The quantitative estimate of drug-likeness (QED) is 0.346. The van der Waals surface area contributed by atoms with E-state index in [0.717, 1.165) is 52.5 Å². The lowest BCUT2D eigenvalue weighted by molar-refractivity contribution is -0.129. The topological polar surface area (TPSA) is 79.5 Å². The molecule has 4 rings (SSSR count). The van der Waals surface area contributed by atoms with E-state index in [1.165, 1.54) is 11.1 Å². The molecule has 1 amide bonds. The lowest BCUT2D eigenvalue weighted by Gasteiger charge is -2.29. The van der Waals surface area contributed by atoms with E-state index in [4.69, 9.17) is 10.7 Å². The number of nitrogens with two attached hydrogens (primary N) is 1. The van der Waals surface area contributed by atoms with E-state index >= 15 is 0 Å². The predicted molar refractivity (Wildman–Crippen MR) is 128 cm³/mol. The SMILES string of the molecule is CC.CC(=O)N1CCC(=C2c3cc(N)c(O)c(Br)c3CCc3cc(Br)cnc32)CC1. The van der Waals surface area contributed by atoms with E-state index < -0.39 is 0 Å². The number of carbonyl (C=O) groups excluding carboxylic acids is 1. The number of nitrogens with zero attached hydrogens (tertiary/aromatic N) is 2. The molecule has 0 saturated carbocycles.